The van der Waals surface area contributed by atoms with Crippen LogP contribution in [0, 0.1) is 0 Å². The second kappa shape index (κ2) is 10.7. The second-order valence-corrected chi connectivity index (χ2v) is 6.27. The fraction of sp³-hybridized carbons (Fsp3) is 0.550. The van der Waals surface area contributed by atoms with Gasteiger partial charge in [-0.2, -0.15) is 0 Å². The summed E-state index contributed by atoms with van der Waals surface area (Å²) in [6, 6.07) is 6.05. The molecule has 6 nitrogen and oxygen atoms in total. The molecule has 0 aliphatic carbocycles. The highest BCUT2D eigenvalue weighted by atomic mass is 16.5. The second-order valence-electron chi connectivity index (χ2n) is 6.27. The molecule has 1 N–H and O–H groups in total. The third kappa shape index (κ3) is 5.95. The van der Waals surface area contributed by atoms with Crippen molar-refractivity contribution in [3.05, 3.63) is 35.4 Å². The zero-order valence-electron chi connectivity index (χ0n) is 16.4. The summed E-state index contributed by atoms with van der Waals surface area (Å²) in [4.78, 5) is 6.53. The van der Waals surface area contributed by atoms with E-state index in [0.717, 1.165) is 63.0 Å². The van der Waals surface area contributed by atoms with Gasteiger partial charge in [-0.05, 0) is 37.0 Å². The number of guanidine groups is 1. The lowest BCUT2D eigenvalue weighted by Gasteiger charge is -2.23. The van der Waals surface area contributed by atoms with Crippen molar-refractivity contribution in [1.29, 1.82) is 0 Å². The van der Waals surface area contributed by atoms with Crippen molar-refractivity contribution in [3.8, 4) is 11.5 Å². The maximum Gasteiger partial charge on any atom is 0.193 e. The molecule has 1 aromatic rings. The first-order chi connectivity index (χ1) is 12.7. The van der Waals surface area contributed by atoms with Crippen LogP contribution in [0.2, 0.25) is 0 Å². The maximum atomic E-state index is 5.37. The van der Waals surface area contributed by atoms with Gasteiger partial charge >= 0.3 is 0 Å². The van der Waals surface area contributed by atoms with Gasteiger partial charge < -0.3 is 24.4 Å². The molecular formula is C20H31N3O3. The highest BCUT2D eigenvalue weighted by Crippen LogP contribution is 2.27. The van der Waals surface area contributed by atoms with Gasteiger partial charge in [0.2, 0.25) is 0 Å². The minimum Gasteiger partial charge on any atom is -0.493 e. The third-order valence-electron chi connectivity index (χ3n) is 4.54. The topological polar surface area (TPSA) is 55.3 Å². The van der Waals surface area contributed by atoms with Crippen LogP contribution in [0.1, 0.15) is 18.4 Å². The molecule has 0 saturated heterocycles. The van der Waals surface area contributed by atoms with Gasteiger partial charge in [0.15, 0.2) is 17.5 Å². The van der Waals surface area contributed by atoms with Gasteiger partial charge in [-0.1, -0.05) is 17.7 Å². The zero-order chi connectivity index (χ0) is 18.8. The lowest BCUT2D eigenvalue weighted by atomic mass is 10.1. The van der Waals surface area contributed by atoms with E-state index >= 15 is 0 Å². The molecule has 1 aliphatic rings. The lowest BCUT2D eigenvalue weighted by Crippen LogP contribution is -2.40. The summed E-state index contributed by atoms with van der Waals surface area (Å²) >= 11 is 0. The molecule has 2 rings (SSSR count). The summed E-state index contributed by atoms with van der Waals surface area (Å²) in [5.74, 6) is 2.43. The molecule has 1 aromatic carbocycles. The highest BCUT2D eigenvalue weighted by Gasteiger charge is 2.09. The van der Waals surface area contributed by atoms with Crippen LogP contribution < -0.4 is 14.8 Å². The van der Waals surface area contributed by atoms with E-state index in [0.29, 0.717) is 0 Å². The summed E-state index contributed by atoms with van der Waals surface area (Å²) < 4.78 is 16.0. The Kier molecular flexibility index (Phi) is 8.28. The number of nitrogens with one attached hydrogen (secondary N) is 1. The van der Waals surface area contributed by atoms with Crippen LogP contribution in [-0.2, 0) is 11.2 Å². The molecule has 1 heterocycles. The van der Waals surface area contributed by atoms with E-state index in [1.54, 1.807) is 14.2 Å². The Balaban J connectivity index is 1.81. The number of methoxy groups -OCH3 is 2. The maximum absolute atomic E-state index is 5.37. The van der Waals surface area contributed by atoms with Crippen molar-refractivity contribution < 1.29 is 14.2 Å². The van der Waals surface area contributed by atoms with E-state index in [2.05, 4.69) is 34.4 Å². The molecule has 0 radical (unpaired) electrons. The van der Waals surface area contributed by atoms with Crippen LogP contribution in [0.15, 0.2) is 34.8 Å². The molecule has 1 aliphatic heterocycles. The van der Waals surface area contributed by atoms with Crippen molar-refractivity contribution in [2.24, 2.45) is 4.99 Å². The lowest BCUT2D eigenvalue weighted by molar-refractivity contribution is 0.153. The van der Waals surface area contributed by atoms with E-state index in [1.165, 1.54) is 11.1 Å². The van der Waals surface area contributed by atoms with Crippen LogP contribution >= 0.6 is 0 Å². The Morgan fingerprint density at radius 3 is 2.69 bits per heavy atom. The van der Waals surface area contributed by atoms with Crippen molar-refractivity contribution in [2.75, 3.05) is 54.6 Å². The number of ether oxygens (including phenoxy) is 3. The molecule has 0 fully saturated rings. The van der Waals surface area contributed by atoms with Crippen molar-refractivity contribution in [2.45, 2.75) is 19.3 Å². The van der Waals surface area contributed by atoms with Gasteiger partial charge in [0.1, 0.15) is 0 Å². The van der Waals surface area contributed by atoms with E-state index < -0.39 is 0 Å². The highest BCUT2D eigenvalue weighted by molar-refractivity contribution is 5.79. The molecular weight excluding hydrogens is 330 g/mol. The van der Waals surface area contributed by atoms with Gasteiger partial charge in [-0.15, -0.1) is 0 Å². The number of benzene rings is 1. The van der Waals surface area contributed by atoms with Gasteiger partial charge in [0, 0.05) is 27.2 Å². The zero-order valence-corrected chi connectivity index (χ0v) is 16.4. The summed E-state index contributed by atoms with van der Waals surface area (Å²) in [6.07, 6.45) is 5.16. The normalized spacial score (nSPS) is 14.6. The van der Waals surface area contributed by atoms with E-state index in [-0.39, 0.29) is 0 Å². The van der Waals surface area contributed by atoms with Gasteiger partial charge in [0.05, 0.1) is 27.4 Å². The Bertz CT molecular complexity index is 629. The number of aliphatic imine (C=N–C) groups is 1. The molecule has 0 spiro atoms. The monoisotopic (exact) mass is 361 g/mol. The number of hydrogen-bond donors (Lipinski definition) is 1. The van der Waals surface area contributed by atoms with Crippen molar-refractivity contribution in [3.63, 3.8) is 0 Å². The van der Waals surface area contributed by atoms with Crippen LogP contribution in [0.25, 0.3) is 0 Å². The first kappa shape index (κ1) is 20.1. The molecule has 26 heavy (non-hydrogen) atoms. The quantitative estimate of drug-likeness (QED) is 0.438. The minimum absolute atomic E-state index is 0.745. The summed E-state index contributed by atoms with van der Waals surface area (Å²) in [6.45, 7) is 3.34. The van der Waals surface area contributed by atoms with E-state index in [4.69, 9.17) is 14.2 Å². The van der Waals surface area contributed by atoms with Gasteiger partial charge in [0.25, 0.3) is 0 Å². The summed E-state index contributed by atoms with van der Waals surface area (Å²) in [5, 5.41) is 3.44. The largest absolute Gasteiger partial charge is 0.493 e. The van der Waals surface area contributed by atoms with Crippen LogP contribution in [0.3, 0.4) is 0 Å². The van der Waals surface area contributed by atoms with Crippen LogP contribution in [-0.4, -0.2) is 65.5 Å². The summed E-state index contributed by atoms with van der Waals surface area (Å²) in [7, 11) is 7.19. The number of likely N-dealkylation sites (N-methyl/N-ethyl adjacent to an activating group) is 1. The molecule has 6 heteroatoms. The number of hydrogen-bond acceptors (Lipinski definition) is 4. The average molecular weight is 361 g/mol. The SMILES string of the molecule is CN=C(NCCC1=CCOCC1)N(C)CCc1ccc(OC)c(OC)c1. The molecule has 0 amide bonds. The Morgan fingerprint density at radius 2 is 2.04 bits per heavy atom. The minimum atomic E-state index is 0.745. The first-order valence-electron chi connectivity index (χ1n) is 9.06. The Labute approximate surface area is 156 Å². The molecule has 144 valence electrons. The fourth-order valence-electron chi connectivity index (χ4n) is 2.95. The number of nitrogens with zero attached hydrogens (tertiary/aromatic N) is 2. The van der Waals surface area contributed by atoms with Crippen LogP contribution in [0.5, 0.6) is 11.5 Å². The molecule has 0 atom stereocenters. The Morgan fingerprint density at radius 1 is 1.23 bits per heavy atom. The summed E-state index contributed by atoms with van der Waals surface area (Å²) in [5.41, 5.74) is 2.67. The van der Waals surface area contributed by atoms with Crippen LogP contribution in [0.4, 0.5) is 0 Å². The predicted octanol–water partition coefficient (Wildman–Crippen LogP) is 2.49. The number of rotatable bonds is 8. The predicted molar refractivity (Wildman–Crippen MR) is 105 cm³/mol. The van der Waals surface area contributed by atoms with E-state index in [1.807, 2.05) is 19.2 Å². The average Bonchev–Trinajstić information content (AvgIpc) is 2.70. The molecule has 0 saturated carbocycles. The smallest absolute Gasteiger partial charge is 0.193 e. The molecule has 0 bridgehead atoms. The Hall–Kier alpha value is -2.21. The van der Waals surface area contributed by atoms with Gasteiger partial charge in [-0.25, -0.2) is 0 Å². The van der Waals surface area contributed by atoms with Gasteiger partial charge in [-0.3, -0.25) is 4.99 Å². The van der Waals surface area contributed by atoms with Crippen molar-refractivity contribution in [1.82, 2.24) is 10.2 Å². The third-order valence-corrected chi connectivity index (χ3v) is 4.54. The first-order valence-corrected chi connectivity index (χ1v) is 9.06. The van der Waals surface area contributed by atoms with E-state index in [9.17, 15) is 0 Å². The molecule has 0 unspecified atom stereocenters. The van der Waals surface area contributed by atoms with Crippen molar-refractivity contribution >= 4 is 5.96 Å². The molecule has 0 aromatic heterocycles. The standard InChI is InChI=1S/C20H31N3O3/c1-21-20(22-11-7-16-9-13-26-14-10-16)23(2)12-8-17-5-6-18(24-3)19(15-17)25-4/h5-6,9,15H,7-8,10-14H2,1-4H3,(H,21,22). The fourth-order valence-corrected chi connectivity index (χ4v) is 2.95.